The molecule has 1 unspecified atom stereocenters. The minimum Gasteiger partial charge on any atom is -0.459 e. The van der Waals surface area contributed by atoms with Crippen LogP contribution in [0.5, 0.6) is 0 Å². The summed E-state index contributed by atoms with van der Waals surface area (Å²) in [6.45, 7) is 5.84. The molecule has 0 aliphatic heterocycles. The average Bonchev–Trinajstić information content (AvgIpc) is 3.13. The van der Waals surface area contributed by atoms with Crippen LogP contribution < -0.4 is 5.32 Å². The van der Waals surface area contributed by atoms with Crippen LogP contribution in [0.3, 0.4) is 0 Å². The van der Waals surface area contributed by atoms with E-state index in [1.54, 1.807) is 13.8 Å². The maximum Gasteiger partial charge on any atom is 0.293 e. The summed E-state index contributed by atoms with van der Waals surface area (Å²) in [4.78, 5) is 10.9. The second kappa shape index (κ2) is 8.22. The minimum atomic E-state index is -3.79. The maximum absolute atomic E-state index is 12.7. The average molecular weight is 417 g/mol. The second-order valence-corrected chi connectivity index (χ2v) is 8.52. The highest BCUT2D eigenvalue weighted by molar-refractivity contribution is 7.89. The molecule has 1 aromatic heterocycles. The molecule has 1 heterocycles. The molecular formula is C20H23N3O5S. The highest BCUT2D eigenvalue weighted by atomic mass is 32.2. The largest absolute Gasteiger partial charge is 0.459 e. The van der Waals surface area contributed by atoms with Gasteiger partial charge in [-0.2, -0.15) is 4.31 Å². The number of furan rings is 1. The van der Waals surface area contributed by atoms with Gasteiger partial charge < -0.3 is 9.73 Å². The van der Waals surface area contributed by atoms with Gasteiger partial charge in [-0.1, -0.05) is 32.0 Å². The number of anilines is 1. The van der Waals surface area contributed by atoms with Crippen LogP contribution in [0.1, 0.15) is 32.6 Å². The molecule has 0 bridgehead atoms. The lowest BCUT2D eigenvalue weighted by molar-refractivity contribution is -0.384. The Labute approximate surface area is 169 Å². The standard InChI is InChI=1S/C20H23N3O5S/c1-4-22(5-2)29(26,27)16-10-11-17(18(13-16)23(24)25)21-14(3)20-12-15-8-6-7-9-19(15)28-20/h6-14,21H,4-5H2,1-3H3. The number of nitro benzene ring substituents is 1. The first-order valence-corrected chi connectivity index (χ1v) is 10.8. The Morgan fingerprint density at radius 1 is 1.14 bits per heavy atom. The molecular weight excluding hydrogens is 394 g/mol. The molecule has 9 heteroatoms. The van der Waals surface area contributed by atoms with Crippen LogP contribution in [0.15, 0.2) is 57.8 Å². The predicted molar refractivity (Wildman–Crippen MR) is 111 cm³/mol. The second-order valence-electron chi connectivity index (χ2n) is 6.58. The molecule has 0 aliphatic carbocycles. The molecule has 29 heavy (non-hydrogen) atoms. The summed E-state index contributed by atoms with van der Waals surface area (Å²) >= 11 is 0. The van der Waals surface area contributed by atoms with Crippen molar-refractivity contribution >= 4 is 32.4 Å². The van der Waals surface area contributed by atoms with Gasteiger partial charge in [-0.25, -0.2) is 8.42 Å². The van der Waals surface area contributed by atoms with Crippen molar-refractivity contribution in [1.29, 1.82) is 0 Å². The number of benzene rings is 2. The van der Waals surface area contributed by atoms with Crippen molar-refractivity contribution < 1.29 is 17.8 Å². The smallest absolute Gasteiger partial charge is 0.293 e. The van der Waals surface area contributed by atoms with Crippen LogP contribution in [0.25, 0.3) is 11.0 Å². The summed E-state index contributed by atoms with van der Waals surface area (Å²) < 4.78 is 32.4. The van der Waals surface area contributed by atoms with Crippen LogP contribution in [-0.4, -0.2) is 30.7 Å². The quantitative estimate of drug-likeness (QED) is 0.426. The summed E-state index contributed by atoms with van der Waals surface area (Å²) in [7, 11) is -3.79. The van der Waals surface area contributed by atoms with E-state index in [0.29, 0.717) is 5.76 Å². The Kier molecular flexibility index (Phi) is 5.90. The Morgan fingerprint density at radius 2 is 1.83 bits per heavy atom. The summed E-state index contributed by atoms with van der Waals surface area (Å²) in [5, 5.41) is 15.6. The highest BCUT2D eigenvalue weighted by Crippen LogP contribution is 2.33. The van der Waals surface area contributed by atoms with Crippen molar-refractivity contribution in [2.45, 2.75) is 31.7 Å². The van der Waals surface area contributed by atoms with Gasteiger partial charge in [-0.05, 0) is 31.2 Å². The van der Waals surface area contributed by atoms with Gasteiger partial charge in [0.2, 0.25) is 10.0 Å². The van der Waals surface area contributed by atoms with Crippen molar-refractivity contribution in [2.75, 3.05) is 18.4 Å². The molecule has 0 saturated heterocycles. The molecule has 0 saturated carbocycles. The minimum absolute atomic E-state index is 0.102. The molecule has 0 spiro atoms. The zero-order chi connectivity index (χ0) is 21.2. The van der Waals surface area contributed by atoms with Crippen LogP contribution in [0.4, 0.5) is 11.4 Å². The molecule has 0 aliphatic rings. The number of nitrogens with one attached hydrogen (secondary N) is 1. The number of sulfonamides is 1. The summed E-state index contributed by atoms with van der Waals surface area (Å²) in [5.74, 6) is 0.625. The number of para-hydroxylation sites is 1. The zero-order valence-corrected chi connectivity index (χ0v) is 17.3. The number of rotatable bonds is 8. The number of hydrogen-bond acceptors (Lipinski definition) is 6. The van der Waals surface area contributed by atoms with E-state index in [1.165, 1.54) is 16.4 Å². The van der Waals surface area contributed by atoms with E-state index >= 15 is 0 Å². The van der Waals surface area contributed by atoms with Crippen molar-refractivity contribution in [3.8, 4) is 0 Å². The molecule has 0 amide bonds. The number of hydrogen-bond donors (Lipinski definition) is 1. The first-order valence-electron chi connectivity index (χ1n) is 9.31. The third kappa shape index (κ3) is 4.10. The topological polar surface area (TPSA) is 106 Å². The van der Waals surface area contributed by atoms with Gasteiger partial charge in [0.05, 0.1) is 15.9 Å². The molecule has 3 rings (SSSR count). The van der Waals surface area contributed by atoms with E-state index in [-0.39, 0.29) is 35.4 Å². The van der Waals surface area contributed by atoms with Gasteiger partial charge in [0, 0.05) is 24.5 Å². The van der Waals surface area contributed by atoms with Crippen molar-refractivity contribution in [1.82, 2.24) is 4.31 Å². The highest BCUT2D eigenvalue weighted by Gasteiger charge is 2.26. The Hall–Kier alpha value is -2.91. The van der Waals surface area contributed by atoms with Gasteiger partial charge in [-0.3, -0.25) is 10.1 Å². The third-order valence-corrected chi connectivity index (χ3v) is 6.80. The molecule has 2 aromatic carbocycles. The van der Waals surface area contributed by atoms with Crippen molar-refractivity contribution in [3.63, 3.8) is 0 Å². The molecule has 3 aromatic rings. The van der Waals surface area contributed by atoms with Gasteiger partial charge in [0.25, 0.3) is 5.69 Å². The van der Waals surface area contributed by atoms with Gasteiger partial charge in [0.15, 0.2) is 0 Å². The molecule has 154 valence electrons. The van der Waals surface area contributed by atoms with Crippen LogP contribution in [0.2, 0.25) is 0 Å². The van der Waals surface area contributed by atoms with E-state index in [2.05, 4.69) is 5.32 Å². The van der Waals surface area contributed by atoms with Crippen LogP contribution >= 0.6 is 0 Å². The fraction of sp³-hybridized carbons (Fsp3) is 0.300. The third-order valence-electron chi connectivity index (χ3n) is 4.75. The Bertz CT molecular complexity index is 1100. The zero-order valence-electron chi connectivity index (χ0n) is 16.5. The van der Waals surface area contributed by atoms with E-state index < -0.39 is 14.9 Å². The lowest BCUT2D eigenvalue weighted by Crippen LogP contribution is -2.30. The first-order chi connectivity index (χ1) is 13.8. The molecule has 0 radical (unpaired) electrons. The van der Waals surface area contributed by atoms with Crippen molar-refractivity contribution in [3.05, 3.63) is 64.4 Å². The fourth-order valence-corrected chi connectivity index (χ4v) is 4.66. The van der Waals surface area contributed by atoms with Crippen molar-refractivity contribution in [2.24, 2.45) is 0 Å². The predicted octanol–water partition coefficient (Wildman–Crippen LogP) is 4.54. The molecule has 1 N–H and O–H groups in total. The molecule has 1 atom stereocenters. The fourth-order valence-electron chi connectivity index (χ4n) is 3.18. The molecule has 0 fully saturated rings. The van der Waals surface area contributed by atoms with E-state index in [1.807, 2.05) is 37.3 Å². The lowest BCUT2D eigenvalue weighted by Gasteiger charge is -2.19. The van der Waals surface area contributed by atoms with Crippen LogP contribution in [-0.2, 0) is 10.0 Å². The number of nitro groups is 1. The van der Waals surface area contributed by atoms with Gasteiger partial charge in [0.1, 0.15) is 17.0 Å². The van der Waals surface area contributed by atoms with E-state index in [4.69, 9.17) is 4.42 Å². The number of fused-ring (bicyclic) bond motifs is 1. The van der Waals surface area contributed by atoms with Gasteiger partial charge in [-0.15, -0.1) is 0 Å². The monoisotopic (exact) mass is 417 g/mol. The normalized spacial score (nSPS) is 13.0. The number of nitrogens with zero attached hydrogens (tertiary/aromatic N) is 2. The molecule has 8 nitrogen and oxygen atoms in total. The summed E-state index contributed by atoms with van der Waals surface area (Å²) in [5.41, 5.74) is 0.647. The Morgan fingerprint density at radius 3 is 2.45 bits per heavy atom. The lowest BCUT2D eigenvalue weighted by atomic mass is 10.2. The van der Waals surface area contributed by atoms with E-state index in [0.717, 1.165) is 17.0 Å². The van der Waals surface area contributed by atoms with Gasteiger partial charge >= 0.3 is 0 Å². The first kappa shape index (κ1) is 20.8. The Balaban J connectivity index is 1.94. The summed E-state index contributed by atoms with van der Waals surface area (Å²) in [6.07, 6.45) is 0. The maximum atomic E-state index is 12.7. The van der Waals surface area contributed by atoms with E-state index in [9.17, 15) is 18.5 Å². The van der Waals surface area contributed by atoms with Crippen LogP contribution in [0, 0.1) is 10.1 Å². The summed E-state index contributed by atoms with van der Waals surface area (Å²) in [6, 6.07) is 13.0. The SMILES string of the molecule is CCN(CC)S(=O)(=O)c1ccc(NC(C)c2cc3ccccc3o2)c([N+](=O)[O-])c1.